The largest absolute Gasteiger partial charge is 0.279 e. The summed E-state index contributed by atoms with van der Waals surface area (Å²) in [5, 5.41) is 4.40. The van der Waals surface area contributed by atoms with Crippen LogP contribution in [0.1, 0.15) is 31.4 Å². The van der Waals surface area contributed by atoms with Crippen LogP contribution >= 0.6 is 0 Å². The molecule has 8 heteroatoms. The van der Waals surface area contributed by atoms with E-state index in [1.165, 1.54) is 16.4 Å². The van der Waals surface area contributed by atoms with Crippen LogP contribution in [0.2, 0.25) is 0 Å². The lowest BCUT2D eigenvalue weighted by Crippen LogP contribution is -2.42. The minimum atomic E-state index is -3.42. The zero-order valence-corrected chi connectivity index (χ0v) is 14.9. The molecule has 1 aromatic heterocycles. The minimum Gasteiger partial charge on any atom is -0.241 e. The summed E-state index contributed by atoms with van der Waals surface area (Å²) in [7, 11) is -3.42. The van der Waals surface area contributed by atoms with Gasteiger partial charge in [-0.1, -0.05) is 12.8 Å². The molecule has 1 aliphatic rings. The number of nitrogens with zero attached hydrogens (tertiary/aromatic N) is 3. The first-order chi connectivity index (χ1) is 12.0. The molecule has 136 valence electrons. The monoisotopic (exact) mass is 366 g/mol. The van der Waals surface area contributed by atoms with Gasteiger partial charge in [-0.2, -0.15) is 17.8 Å². The van der Waals surface area contributed by atoms with E-state index in [-0.39, 0.29) is 5.82 Å². The van der Waals surface area contributed by atoms with E-state index in [4.69, 9.17) is 0 Å². The number of hydrogen-bond donors (Lipinski definition) is 1. The Bertz CT molecular complexity index is 781. The highest BCUT2D eigenvalue weighted by Crippen LogP contribution is 2.13. The number of aromatic nitrogens is 2. The van der Waals surface area contributed by atoms with Gasteiger partial charge in [-0.05, 0) is 43.2 Å². The highest BCUT2D eigenvalue weighted by Gasteiger charge is 2.22. The van der Waals surface area contributed by atoms with Gasteiger partial charge in [0.2, 0.25) is 0 Å². The fourth-order valence-electron chi connectivity index (χ4n) is 2.91. The maximum Gasteiger partial charge on any atom is 0.279 e. The van der Waals surface area contributed by atoms with Crippen LogP contribution in [-0.2, 0) is 16.6 Å². The predicted molar refractivity (Wildman–Crippen MR) is 94.2 cm³/mol. The lowest BCUT2D eigenvalue weighted by Gasteiger charge is -2.20. The van der Waals surface area contributed by atoms with Crippen molar-refractivity contribution in [1.82, 2.24) is 18.8 Å². The predicted octanol–water partition coefficient (Wildman–Crippen LogP) is 2.26. The van der Waals surface area contributed by atoms with Crippen molar-refractivity contribution in [3.63, 3.8) is 0 Å². The molecule has 0 bridgehead atoms. The Morgan fingerprint density at radius 1 is 1.04 bits per heavy atom. The fourth-order valence-corrected chi connectivity index (χ4v) is 4.20. The molecule has 1 aromatic carbocycles. The average Bonchev–Trinajstić information content (AvgIpc) is 2.88. The van der Waals surface area contributed by atoms with Crippen LogP contribution in [-0.4, -0.2) is 42.1 Å². The summed E-state index contributed by atoms with van der Waals surface area (Å²) >= 11 is 0. The first-order valence-corrected chi connectivity index (χ1v) is 10.0. The van der Waals surface area contributed by atoms with Crippen LogP contribution in [0.15, 0.2) is 36.5 Å². The molecule has 1 saturated heterocycles. The molecule has 2 aromatic rings. The molecule has 0 unspecified atom stereocenters. The summed E-state index contributed by atoms with van der Waals surface area (Å²) in [5.41, 5.74) is 1.54. The normalized spacial score (nSPS) is 16.7. The Morgan fingerprint density at radius 2 is 1.72 bits per heavy atom. The van der Waals surface area contributed by atoms with Crippen LogP contribution in [0.4, 0.5) is 4.39 Å². The molecular formula is C17H23FN4O2S. The van der Waals surface area contributed by atoms with Crippen molar-refractivity contribution in [2.75, 3.05) is 19.6 Å². The van der Waals surface area contributed by atoms with E-state index in [1.807, 2.05) is 6.07 Å². The SMILES string of the molecule is O=S(=O)(NCCc1ccn(-c2ccc(F)cc2)n1)N1CCCCCC1. The van der Waals surface area contributed by atoms with Crippen LogP contribution in [0, 0.1) is 5.82 Å². The Kier molecular flexibility index (Phi) is 5.82. The van der Waals surface area contributed by atoms with Gasteiger partial charge in [0, 0.05) is 32.3 Å². The Morgan fingerprint density at radius 3 is 2.40 bits per heavy atom. The van der Waals surface area contributed by atoms with E-state index in [0.29, 0.717) is 26.1 Å². The molecule has 3 rings (SSSR count). The Labute approximate surface area is 147 Å². The summed E-state index contributed by atoms with van der Waals surface area (Å²) in [6, 6.07) is 7.89. The van der Waals surface area contributed by atoms with Crippen molar-refractivity contribution < 1.29 is 12.8 Å². The van der Waals surface area contributed by atoms with E-state index in [9.17, 15) is 12.8 Å². The van der Waals surface area contributed by atoms with Gasteiger partial charge in [0.05, 0.1) is 11.4 Å². The third kappa shape index (κ3) is 4.87. The van der Waals surface area contributed by atoms with E-state index in [0.717, 1.165) is 37.1 Å². The summed E-state index contributed by atoms with van der Waals surface area (Å²) in [4.78, 5) is 0. The molecule has 0 saturated carbocycles. The first kappa shape index (κ1) is 18.0. The van der Waals surface area contributed by atoms with Gasteiger partial charge >= 0.3 is 0 Å². The van der Waals surface area contributed by atoms with Crippen molar-refractivity contribution in [2.24, 2.45) is 0 Å². The average molecular weight is 366 g/mol. The molecule has 6 nitrogen and oxygen atoms in total. The minimum absolute atomic E-state index is 0.293. The van der Waals surface area contributed by atoms with Crippen LogP contribution in [0.5, 0.6) is 0 Å². The smallest absolute Gasteiger partial charge is 0.241 e. The zero-order chi connectivity index (χ0) is 17.7. The molecular weight excluding hydrogens is 343 g/mol. The van der Waals surface area contributed by atoms with Gasteiger partial charge in [-0.3, -0.25) is 0 Å². The van der Waals surface area contributed by atoms with Crippen molar-refractivity contribution >= 4 is 10.2 Å². The van der Waals surface area contributed by atoms with Crippen LogP contribution in [0.25, 0.3) is 5.69 Å². The van der Waals surface area contributed by atoms with Crippen molar-refractivity contribution in [1.29, 1.82) is 0 Å². The molecule has 0 aliphatic carbocycles. The lowest BCUT2D eigenvalue weighted by atomic mass is 10.2. The number of hydrogen-bond acceptors (Lipinski definition) is 3. The van der Waals surface area contributed by atoms with E-state index in [1.54, 1.807) is 23.0 Å². The van der Waals surface area contributed by atoms with Gasteiger partial charge in [-0.15, -0.1) is 0 Å². The standard InChI is InChI=1S/C17H23FN4O2S/c18-15-5-7-17(8-6-15)22-14-10-16(20-22)9-11-19-25(23,24)21-12-3-1-2-4-13-21/h5-8,10,14,19H,1-4,9,11-13H2. The Hall–Kier alpha value is -1.77. The Balaban J connectivity index is 1.54. The number of benzene rings is 1. The quantitative estimate of drug-likeness (QED) is 0.853. The number of rotatable bonds is 6. The maximum absolute atomic E-state index is 13.0. The molecule has 0 atom stereocenters. The summed E-state index contributed by atoms with van der Waals surface area (Å²) in [6.07, 6.45) is 6.30. The topological polar surface area (TPSA) is 67.2 Å². The van der Waals surface area contributed by atoms with E-state index >= 15 is 0 Å². The fraction of sp³-hybridized carbons (Fsp3) is 0.471. The molecule has 1 fully saturated rings. The summed E-state index contributed by atoms with van der Waals surface area (Å²) in [5.74, 6) is -0.293. The van der Waals surface area contributed by atoms with Crippen molar-refractivity contribution in [2.45, 2.75) is 32.1 Å². The second kappa shape index (κ2) is 8.07. The third-order valence-electron chi connectivity index (χ3n) is 4.31. The summed E-state index contributed by atoms with van der Waals surface area (Å²) < 4.78 is 43.5. The molecule has 1 N–H and O–H groups in total. The molecule has 1 aliphatic heterocycles. The van der Waals surface area contributed by atoms with Crippen molar-refractivity contribution in [3.8, 4) is 5.69 Å². The molecule has 25 heavy (non-hydrogen) atoms. The maximum atomic E-state index is 13.0. The molecule has 0 radical (unpaired) electrons. The highest BCUT2D eigenvalue weighted by molar-refractivity contribution is 7.87. The van der Waals surface area contributed by atoms with E-state index in [2.05, 4.69) is 9.82 Å². The van der Waals surface area contributed by atoms with Crippen LogP contribution < -0.4 is 4.72 Å². The van der Waals surface area contributed by atoms with Gasteiger partial charge < -0.3 is 0 Å². The molecule has 0 amide bonds. The second-order valence-corrected chi connectivity index (χ2v) is 7.95. The zero-order valence-electron chi connectivity index (χ0n) is 14.1. The molecule has 0 spiro atoms. The lowest BCUT2D eigenvalue weighted by molar-refractivity contribution is 0.415. The van der Waals surface area contributed by atoms with Gasteiger partial charge in [0.1, 0.15) is 5.82 Å². The first-order valence-electron chi connectivity index (χ1n) is 8.60. The number of nitrogens with one attached hydrogen (secondary N) is 1. The van der Waals surface area contributed by atoms with Crippen molar-refractivity contribution in [3.05, 3.63) is 48.0 Å². The number of halogens is 1. The molecule has 2 heterocycles. The van der Waals surface area contributed by atoms with Gasteiger partial charge in [-0.25, -0.2) is 13.8 Å². The summed E-state index contributed by atoms with van der Waals surface area (Å²) in [6.45, 7) is 1.49. The highest BCUT2D eigenvalue weighted by atomic mass is 32.2. The second-order valence-electron chi connectivity index (χ2n) is 6.19. The van der Waals surface area contributed by atoms with E-state index < -0.39 is 10.2 Å². The third-order valence-corrected chi connectivity index (χ3v) is 5.92. The van der Waals surface area contributed by atoms with Crippen LogP contribution in [0.3, 0.4) is 0 Å². The van der Waals surface area contributed by atoms with Gasteiger partial charge in [0.25, 0.3) is 10.2 Å². The van der Waals surface area contributed by atoms with Gasteiger partial charge in [0.15, 0.2) is 0 Å².